The molecule has 3 aromatic rings. The third-order valence-corrected chi connectivity index (χ3v) is 10.5. The van der Waals surface area contributed by atoms with Crippen molar-refractivity contribution in [3.05, 3.63) is 113 Å². The maximum absolute atomic E-state index is 17.5. The van der Waals surface area contributed by atoms with E-state index in [1.807, 2.05) is 0 Å². The Labute approximate surface area is 206 Å². The van der Waals surface area contributed by atoms with Crippen molar-refractivity contribution in [2.24, 2.45) is 0 Å². The summed E-state index contributed by atoms with van der Waals surface area (Å²) in [7, 11) is -9.92. The van der Waals surface area contributed by atoms with Crippen molar-refractivity contribution in [2.45, 2.75) is 20.0 Å². The van der Waals surface area contributed by atoms with E-state index in [0.717, 1.165) is 55.6 Å². The molecule has 188 valence electrons. The number of methoxy groups -OCH3 is 1. The first kappa shape index (κ1) is 26.7. The number of hydrogen-bond donors (Lipinski definition) is 0. The number of rotatable bonds is 9. The summed E-state index contributed by atoms with van der Waals surface area (Å²) in [6, 6.07) is 15.8. The summed E-state index contributed by atoms with van der Waals surface area (Å²) >= 11 is 0. The van der Waals surface area contributed by atoms with Crippen molar-refractivity contribution >= 4 is 31.3 Å². The van der Waals surface area contributed by atoms with Gasteiger partial charge in [-0.2, -0.15) is 0 Å². The number of non-ortho nitro benzene ring substituents is 1. The Bertz CT molecular complexity index is 1440. The molecule has 36 heavy (non-hydrogen) atoms. The summed E-state index contributed by atoms with van der Waals surface area (Å²) in [5.41, 5.74) is -1.62. The molecular formula is C24H20FNO8S2. The Hall–Kier alpha value is -3.90. The standard InChI is InChI=1S/C24H20FNO8S2/c1-17(23(27)34-2)22(18-13-15-19(16-14-18)26(28)29)24(25,35(30,31)20-9-5-3-6-10-20)36(32,33)21-11-7-4-8-12-21/h3-16,22H,1H2,2H3/t22-/m0/s1. The van der Waals surface area contributed by atoms with Gasteiger partial charge >= 0.3 is 10.3 Å². The molecule has 0 unspecified atom stereocenters. The van der Waals surface area contributed by atoms with Gasteiger partial charge in [-0.3, -0.25) is 10.1 Å². The molecule has 0 bridgehead atoms. The highest BCUT2D eigenvalue weighted by Gasteiger charge is 2.64. The predicted molar refractivity (Wildman–Crippen MR) is 128 cm³/mol. The van der Waals surface area contributed by atoms with Crippen LogP contribution in [0.4, 0.5) is 10.1 Å². The van der Waals surface area contributed by atoms with Crippen LogP contribution < -0.4 is 0 Å². The highest BCUT2D eigenvalue weighted by atomic mass is 32.3. The van der Waals surface area contributed by atoms with E-state index in [2.05, 4.69) is 11.3 Å². The molecule has 0 aliphatic heterocycles. The maximum atomic E-state index is 17.5. The average Bonchev–Trinajstić information content (AvgIpc) is 2.89. The third kappa shape index (κ3) is 4.40. The number of sulfone groups is 2. The van der Waals surface area contributed by atoms with Gasteiger partial charge in [0.2, 0.25) is 19.7 Å². The lowest BCUT2D eigenvalue weighted by Crippen LogP contribution is -2.49. The summed E-state index contributed by atoms with van der Waals surface area (Å²) in [6.07, 6.45) is 0. The molecule has 0 N–H and O–H groups in total. The van der Waals surface area contributed by atoms with Crippen molar-refractivity contribution < 1.29 is 35.7 Å². The van der Waals surface area contributed by atoms with Crippen LogP contribution in [0.3, 0.4) is 0 Å². The van der Waals surface area contributed by atoms with Gasteiger partial charge in [0.1, 0.15) is 0 Å². The zero-order valence-corrected chi connectivity index (χ0v) is 20.4. The molecule has 1 atom stereocenters. The van der Waals surface area contributed by atoms with Gasteiger partial charge in [-0.1, -0.05) is 55.1 Å². The van der Waals surface area contributed by atoms with E-state index in [-0.39, 0.29) is 5.56 Å². The number of benzene rings is 3. The summed E-state index contributed by atoms with van der Waals surface area (Å²) in [4.78, 5) is 21.5. The molecule has 3 aromatic carbocycles. The summed E-state index contributed by atoms with van der Waals surface area (Å²) in [6.45, 7) is 3.46. The second kappa shape index (κ2) is 9.99. The van der Waals surface area contributed by atoms with Crippen LogP contribution in [-0.4, -0.2) is 39.2 Å². The zero-order valence-electron chi connectivity index (χ0n) is 18.8. The van der Waals surface area contributed by atoms with E-state index in [4.69, 9.17) is 0 Å². The van der Waals surface area contributed by atoms with E-state index in [0.29, 0.717) is 0 Å². The first-order chi connectivity index (χ1) is 16.9. The summed E-state index contributed by atoms with van der Waals surface area (Å²) in [5, 5.41) is 11.1. The minimum Gasteiger partial charge on any atom is -0.466 e. The highest BCUT2D eigenvalue weighted by Crippen LogP contribution is 2.50. The van der Waals surface area contributed by atoms with Gasteiger partial charge in [0.15, 0.2) is 0 Å². The Balaban J connectivity index is 2.46. The van der Waals surface area contributed by atoms with Gasteiger partial charge in [0.25, 0.3) is 5.69 Å². The van der Waals surface area contributed by atoms with Gasteiger partial charge < -0.3 is 4.74 Å². The number of alkyl halides is 1. The second-order valence-electron chi connectivity index (χ2n) is 7.51. The van der Waals surface area contributed by atoms with Crippen LogP contribution in [0.1, 0.15) is 11.5 Å². The molecule has 0 saturated carbocycles. The summed E-state index contributed by atoms with van der Waals surface area (Å²) in [5.74, 6) is -3.63. The van der Waals surface area contributed by atoms with E-state index in [1.165, 1.54) is 36.4 Å². The van der Waals surface area contributed by atoms with Gasteiger partial charge in [-0.25, -0.2) is 26.0 Å². The summed E-state index contributed by atoms with van der Waals surface area (Å²) < 4.78 is 73.2. The number of nitro groups is 1. The molecule has 0 aromatic heterocycles. The van der Waals surface area contributed by atoms with Crippen LogP contribution in [0, 0.1) is 10.1 Å². The van der Waals surface area contributed by atoms with Crippen LogP contribution in [-0.2, 0) is 29.2 Å². The molecule has 0 spiro atoms. The van der Waals surface area contributed by atoms with Crippen LogP contribution in [0.2, 0.25) is 0 Å². The van der Waals surface area contributed by atoms with E-state index < -0.39 is 61.9 Å². The lowest BCUT2D eigenvalue weighted by molar-refractivity contribution is -0.384. The van der Waals surface area contributed by atoms with Gasteiger partial charge in [0.05, 0.1) is 27.7 Å². The first-order valence-corrected chi connectivity index (χ1v) is 13.2. The Morgan fingerprint density at radius 2 is 1.31 bits per heavy atom. The molecule has 9 nitrogen and oxygen atoms in total. The van der Waals surface area contributed by atoms with Crippen molar-refractivity contribution in [3.8, 4) is 0 Å². The Morgan fingerprint density at radius 3 is 1.67 bits per heavy atom. The number of nitro benzene ring substituents is 1. The van der Waals surface area contributed by atoms with E-state index in [9.17, 15) is 31.7 Å². The number of halogens is 1. The van der Waals surface area contributed by atoms with Gasteiger partial charge in [-0.15, -0.1) is 0 Å². The number of ether oxygens (including phenoxy) is 1. The predicted octanol–water partition coefficient (Wildman–Crippen LogP) is 3.98. The molecule has 0 amide bonds. The maximum Gasteiger partial charge on any atom is 0.333 e. The van der Waals surface area contributed by atoms with Crippen molar-refractivity contribution in [1.82, 2.24) is 0 Å². The fourth-order valence-corrected chi connectivity index (χ4v) is 8.20. The topological polar surface area (TPSA) is 138 Å². The highest BCUT2D eigenvalue weighted by molar-refractivity contribution is 8.10. The molecule has 12 heteroatoms. The molecule has 0 aliphatic carbocycles. The lowest BCUT2D eigenvalue weighted by Gasteiger charge is -2.33. The Morgan fingerprint density at radius 1 is 0.889 bits per heavy atom. The number of nitrogens with zero attached hydrogens (tertiary/aromatic N) is 1. The number of carbonyl (C=O) groups is 1. The zero-order chi connectivity index (χ0) is 26.7. The lowest BCUT2D eigenvalue weighted by atomic mass is 9.92. The van der Waals surface area contributed by atoms with E-state index in [1.54, 1.807) is 0 Å². The monoisotopic (exact) mass is 533 g/mol. The fraction of sp³-hybridized carbons (Fsp3) is 0.125. The van der Waals surface area contributed by atoms with Crippen LogP contribution >= 0.6 is 0 Å². The first-order valence-electron chi connectivity index (χ1n) is 10.2. The molecule has 0 radical (unpaired) electrons. The smallest absolute Gasteiger partial charge is 0.333 e. The van der Waals surface area contributed by atoms with Crippen LogP contribution in [0.15, 0.2) is 107 Å². The Kier molecular flexibility index (Phi) is 7.41. The normalized spacial score (nSPS) is 12.9. The SMILES string of the molecule is C=C(C(=O)OC)[C@@H](c1ccc([N+](=O)[O-])cc1)C(F)(S(=O)(=O)c1ccccc1)S(=O)(=O)c1ccccc1. The van der Waals surface area contributed by atoms with Crippen molar-refractivity contribution in [2.75, 3.05) is 7.11 Å². The van der Waals surface area contributed by atoms with Crippen molar-refractivity contribution in [1.29, 1.82) is 0 Å². The molecule has 0 fully saturated rings. The number of hydrogen-bond acceptors (Lipinski definition) is 8. The minimum absolute atomic E-state index is 0.363. The fourth-order valence-electron chi connectivity index (χ4n) is 3.62. The molecule has 0 heterocycles. The minimum atomic E-state index is -5.42. The molecular weight excluding hydrogens is 513 g/mol. The third-order valence-electron chi connectivity index (χ3n) is 5.42. The van der Waals surface area contributed by atoms with E-state index >= 15 is 4.39 Å². The van der Waals surface area contributed by atoms with Crippen molar-refractivity contribution in [3.63, 3.8) is 0 Å². The number of esters is 1. The van der Waals surface area contributed by atoms with Gasteiger partial charge in [-0.05, 0) is 29.8 Å². The quantitative estimate of drug-likeness (QED) is 0.174. The van der Waals surface area contributed by atoms with Gasteiger partial charge in [0, 0.05) is 17.7 Å². The molecule has 0 saturated heterocycles. The number of carbonyl (C=O) groups excluding carboxylic acids is 1. The van der Waals surface area contributed by atoms with Crippen LogP contribution in [0.25, 0.3) is 0 Å². The molecule has 0 aliphatic rings. The average molecular weight is 534 g/mol. The molecule has 3 rings (SSSR count). The largest absolute Gasteiger partial charge is 0.466 e. The second-order valence-corrected chi connectivity index (χ2v) is 11.9. The van der Waals surface area contributed by atoms with Crippen LogP contribution in [0.5, 0.6) is 0 Å².